The summed E-state index contributed by atoms with van der Waals surface area (Å²) in [5.74, 6) is 0.178. The third kappa shape index (κ3) is 4.22. The van der Waals surface area contributed by atoms with Crippen LogP contribution in [0.1, 0.15) is 30.1 Å². The molecule has 0 radical (unpaired) electrons. The molecule has 0 aliphatic heterocycles. The van der Waals surface area contributed by atoms with Crippen LogP contribution in [-0.2, 0) is 4.79 Å². The maximum atomic E-state index is 12.3. The number of hydrogen-bond acceptors (Lipinski definition) is 5. The molecule has 0 unspecified atom stereocenters. The van der Waals surface area contributed by atoms with Crippen LogP contribution in [0, 0.1) is 0 Å². The predicted octanol–water partition coefficient (Wildman–Crippen LogP) is 3.63. The zero-order valence-corrected chi connectivity index (χ0v) is 14.4. The van der Waals surface area contributed by atoms with Gasteiger partial charge in [-0.05, 0) is 42.8 Å². The normalized spacial score (nSPS) is 10.5. The standard InChI is InChI=1S/C20H19N3O3/c1-2-5-19(25)23-15-10-8-14(9-11-15)18(24)12-26-20-16-6-3-4-7-17(16)21-13-22-20/h3-4,6-11,13H,2,5,12H2,1H3,(H,23,25). The van der Waals surface area contributed by atoms with Crippen molar-refractivity contribution in [2.45, 2.75) is 19.8 Å². The topological polar surface area (TPSA) is 81.2 Å². The Morgan fingerprint density at radius 1 is 1.04 bits per heavy atom. The first kappa shape index (κ1) is 17.5. The van der Waals surface area contributed by atoms with Gasteiger partial charge < -0.3 is 10.1 Å². The third-order valence-corrected chi connectivity index (χ3v) is 3.81. The van der Waals surface area contributed by atoms with Gasteiger partial charge in [0, 0.05) is 17.7 Å². The van der Waals surface area contributed by atoms with Gasteiger partial charge in [-0.3, -0.25) is 9.59 Å². The molecule has 0 aliphatic carbocycles. The average molecular weight is 349 g/mol. The Labute approximate surface area is 151 Å². The number of fused-ring (bicyclic) bond motifs is 1. The maximum absolute atomic E-state index is 12.3. The molecule has 0 saturated heterocycles. The number of benzene rings is 2. The summed E-state index contributed by atoms with van der Waals surface area (Å²) >= 11 is 0. The average Bonchev–Trinajstić information content (AvgIpc) is 2.67. The van der Waals surface area contributed by atoms with Crippen molar-refractivity contribution in [1.29, 1.82) is 0 Å². The zero-order valence-electron chi connectivity index (χ0n) is 14.4. The number of para-hydroxylation sites is 1. The molecule has 0 spiro atoms. The summed E-state index contributed by atoms with van der Waals surface area (Å²) in [4.78, 5) is 32.2. The van der Waals surface area contributed by atoms with E-state index in [0.29, 0.717) is 23.6 Å². The highest BCUT2D eigenvalue weighted by Gasteiger charge is 2.10. The van der Waals surface area contributed by atoms with Crippen molar-refractivity contribution in [2.75, 3.05) is 11.9 Å². The number of rotatable bonds is 7. The van der Waals surface area contributed by atoms with Gasteiger partial charge in [-0.25, -0.2) is 9.97 Å². The summed E-state index contributed by atoms with van der Waals surface area (Å²) < 4.78 is 5.59. The van der Waals surface area contributed by atoms with Crippen molar-refractivity contribution in [3.8, 4) is 5.88 Å². The van der Waals surface area contributed by atoms with E-state index in [1.165, 1.54) is 6.33 Å². The van der Waals surface area contributed by atoms with Crippen LogP contribution in [0.3, 0.4) is 0 Å². The molecule has 1 aromatic heterocycles. The Bertz CT molecular complexity index is 918. The number of Topliss-reactive ketones (excluding diaryl/α,β-unsaturated/α-hetero) is 1. The van der Waals surface area contributed by atoms with E-state index in [4.69, 9.17) is 4.74 Å². The molecule has 0 atom stereocenters. The molecule has 3 aromatic rings. The van der Waals surface area contributed by atoms with Gasteiger partial charge in [-0.1, -0.05) is 19.1 Å². The van der Waals surface area contributed by atoms with E-state index in [9.17, 15) is 9.59 Å². The SMILES string of the molecule is CCCC(=O)Nc1ccc(C(=O)COc2ncnc3ccccc23)cc1. The number of nitrogens with zero attached hydrogens (tertiary/aromatic N) is 2. The van der Waals surface area contributed by atoms with Crippen molar-refractivity contribution in [2.24, 2.45) is 0 Å². The van der Waals surface area contributed by atoms with E-state index in [1.54, 1.807) is 24.3 Å². The Morgan fingerprint density at radius 2 is 1.81 bits per heavy atom. The fourth-order valence-electron chi connectivity index (χ4n) is 2.50. The van der Waals surface area contributed by atoms with Gasteiger partial charge in [-0.2, -0.15) is 0 Å². The lowest BCUT2D eigenvalue weighted by atomic mass is 10.1. The van der Waals surface area contributed by atoms with E-state index >= 15 is 0 Å². The lowest BCUT2D eigenvalue weighted by molar-refractivity contribution is -0.116. The molecule has 1 heterocycles. The van der Waals surface area contributed by atoms with E-state index in [1.807, 2.05) is 31.2 Å². The Kier molecular flexibility index (Phi) is 5.53. The van der Waals surface area contributed by atoms with Crippen molar-refractivity contribution < 1.29 is 14.3 Å². The minimum Gasteiger partial charge on any atom is -0.469 e. The number of ketones is 1. The minimum atomic E-state index is -0.167. The first-order valence-corrected chi connectivity index (χ1v) is 8.43. The van der Waals surface area contributed by atoms with E-state index in [-0.39, 0.29) is 18.3 Å². The number of carbonyl (C=O) groups is 2. The van der Waals surface area contributed by atoms with E-state index in [0.717, 1.165) is 17.3 Å². The summed E-state index contributed by atoms with van der Waals surface area (Å²) in [6, 6.07) is 14.2. The molecule has 0 bridgehead atoms. The molecule has 3 rings (SSSR count). The van der Waals surface area contributed by atoms with Gasteiger partial charge in [0.05, 0.1) is 10.9 Å². The molecule has 6 nitrogen and oxygen atoms in total. The fraction of sp³-hybridized carbons (Fsp3) is 0.200. The van der Waals surface area contributed by atoms with Crippen LogP contribution in [0.15, 0.2) is 54.9 Å². The molecule has 0 aliphatic rings. The number of aromatic nitrogens is 2. The Morgan fingerprint density at radius 3 is 2.58 bits per heavy atom. The number of nitrogens with one attached hydrogen (secondary N) is 1. The van der Waals surface area contributed by atoms with Gasteiger partial charge in [-0.15, -0.1) is 0 Å². The van der Waals surface area contributed by atoms with Crippen LogP contribution >= 0.6 is 0 Å². The number of hydrogen-bond donors (Lipinski definition) is 1. The first-order chi connectivity index (χ1) is 12.7. The highest BCUT2D eigenvalue weighted by molar-refractivity contribution is 5.98. The van der Waals surface area contributed by atoms with Crippen molar-refractivity contribution in [3.63, 3.8) is 0 Å². The quantitative estimate of drug-likeness (QED) is 0.659. The van der Waals surface area contributed by atoms with Gasteiger partial charge in [0.1, 0.15) is 6.33 Å². The Balaban J connectivity index is 1.64. The largest absolute Gasteiger partial charge is 0.469 e. The zero-order chi connectivity index (χ0) is 18.4. The molecule has 6 heteroatoms. The monoisotopic (exact) mass is 349 g/mol. The summed E-state index contributed by atoms with van der Waals surface area (Å²) in [6.45, 7) is 1.82. The van der Waals surface area contributed by atoms with Crippen LogP contribution in [0.2, 0.25) is 0 Å². The molecule has 0 saturated carbocycles. The fourth-order valence-corrected chi connectivity index (χ4v) is 2.50. The summed E-state index contributed by atoms with van der Waals surface area (Å²) in [5.41, 5.74) is 1.94. The van der Waals surface area contributed by atoms with Gasteiger partial charge in [0.15, 0.2) is 12.4 Å². The minimum absolute atomic E-state index is 0.0365. The van der Waals surface area contributed by atoms with Crippen LogP contribution < -0.4 is 10.1 Å². The van der Waals surface area contributed by atoms with Gasteiger partial charge in [0.25, 0.3) is 0 Å². The highest BCUT2D eigenvalue weighted by atomic mass is 16.5. The lowest BCUT2D eigenvalue weighted by Gasteiger charge is -2.08. The van der Waals surface area contributed by atoms with Crippen LogP contribution in [-0.4, -0.2) is 28.3 Å². The van der Waals surface area contributed by atoms with Gasteiger partial charge in [0.2, 0.25) is 11.8 Å². The molecule has 1 amide bonds. The van der Waals surface area contributed by atoms with E-state index < -0.39 is 0 Å². The van der Waals surface area contributed by atoms with Crippen molar-refractivity contribution in [1.82, 2.24) is 9.97 Å². The third-order valence-electron chi connectivity index (χ3n) is 3.81. The van der Waals surface area contributed by atoms with Gasteiger partial charge >= 0.3 is 0 Å². The smallest absolute Gasteiger partial charge is 0.224 e. The number of ether oxygens (including phenoxy) is 1. The second-order valence-corrected chi connectivity index (χ2v) is 5.78. The van der Waals surface area contributed by atoms with Crippen LogP contribution in [0.5, 0.6) is 5.88 Å². The molecular weight excluding hydrogens is 330 g/mol. The second kappa shape index (κ2) is 8.20. The Hall–Kier alpha value is -3.28. The van der Waals surface area contributed by atoms with Crippen molar-refractivity contribution >= 4 is 28.3 Å². The molecule has 2 aromatic carbocycles. The number of carbonyl (C=O) groups excluding carboxylic acids is 2. The summed E-state index contributed by atoms with van der Waals surface area (Å²) in [7, 11) is 0. The molecule has 132 valence electrons. The molecule has 0 fully saturated rings. The number of anilines is 1. The lowest BCUT2D eigenvalue weighted by Crippen LogP contribution is -2.13. The number of amides is 1. The summed E-state index contributed by atoms with van der Waals surface area (Å²) in [5, 5.41) is 3.55. The van der Waals surface area contributed by atoms with E-state index in [2.05, 4.69) is 15.3 Å². The summed E-state index contributed by atoms with van der Waals surface area (Å²) in [6.07, 6.45) is 2.68. The molecular formula is C20H19N3O3. The maximum Gasteiger partial charge on any atom is 0.224 e. The van der Waals surface area contributed by atoms with Crippen LogP contribution in [0.4, 0.5) is 5.69 Å². The molecule has 1 N–H and O–H groups in total. The second-order valence-electron chi connectivity index (χ2n) is 5.78. The van der Waals surface area contributed by atoms with Crippen LogP contribution in [0.25, 0.3) is 10.9 Å². The first-order valence-electron chi connectivity index (χ1n) is 8.43. The predicted molar refractivity (Wildman–Crippen MR) is 99.3 cm³/mol. The highest BCUT2D eigenvalue weighted by Crippen LogP contribution is 2.20. The molecule has 26 heavy (non-hydrogen) atoms. The van der Waals surface area contributed by atoms with Crippen molar-refractivity contribution in [3.05, 3.63) is 60.4 Å².